The number of halogens is 2. The molecule has 1 aromatic heterocycles. The third-order valence-electron chi connectivity index (χ3n) is 2.67. The molecule has 0 fully saturated rings. The van der Waals surface area contributed by atoms with Gasteiger partial charge in [-0.2, -0.15) is 4.98 Å². The fourth-order valence-corrected chi connectivity index (χ4v) is 1.87. The minimum atomic E-state index is -0.545. The summed E-state index contributed by atoms with van der Waals surface area (Å²) in [5, 5.41) is 2.90. The molecule has 1 aromatic carbocycles. The zero-order valence-electron chi connectivity index (χ0n) is 10.9. The molecule has 0 saturated heterocycles. The van der Waals surface area contributed by atoms with Gasteiger partial charge in [0.2, 0.25) is 5.28 Å². The number of aromatic nitrogens is 2. The lowest BCUT2D eigenvalue weighted by Gasteiger charge is -2.17. The lowest BCUT2D eigenvalue weighted by Crippen LogP contribution is -2.10. The summed E-state index contributed by atoms with van der Waals surface area (Å²) in [7, 11) is 3.91. The highest BCUT2D eigenvalue weighted by Gasteiger charge is 2.08. The highest BCUT2D eigenvalue weighted by Crippen LogP contribution is 2.25. The molecule has 19 heavy (non-hydrogen) atoms. The molecule has 4 nitrogen and oxygen atoms in total. The van der Waals surface area contributed by atoms with E-state index in [-0.39, 0.29) is 11.1 Å². The van der Waals surface area contributed by atoms with Gasteiger partial charge in [0.15, 0.2) is 11.6 Å². The standard InChI is InChI=1S/C13H14ClFN4/c1-8-4-5-9(6-11(8)19(2)3)17-12-10(15)7-16-13(14)18-12/h4-7H,1-3H3,(H,16,17,18). The lowest BCUT2D eigenvalue weighted by atomic mass is 10.1. The van der Waals surface area contributed by atoms with Gasteiger partial charge < -0.3 is 10.2 Å². The summed E-state index contributed by atoms with van der Waals surface area (Å²) in [6, 6.07) is 5.74. The predicted molar refractivity (Wildman–Crippen MR) is 75.8 cm³/mol. The number of rotatable bonds is 3. The van der Waals surface area contributed by atoms with E-state index < -0.39 is 5.82 Å². The molecule has 0 saturated carbocycles. The Kier molecular flexibility index (Phi) is 3.85. The van der Waals surface area contributed by atoms with Crippen molar-refractivity contribution in [2.45, 2.75) is 6.92 Å². The molecule has 0 aliphatic rings. The Morgan fingerprint density at radius 3 is 2.74 bits per heavy atom. The molecule has 0 spiro atoms. The minimum absolute atomic E-state index is 0.00356. The van der Waals surface area contributed by atoms with Crippen molar-refractivity contribution in [1.29, 1.82) is 0 Å². The molecule has 0 aliphatic heterocycles. The summed E-state index contributed by atoms with van der Waals surface area (Å²) >= 11 is 5.65. The molecule has 1 heterocycles. The zero-order valence-corrected chi connectivity index (χ0v) is 11.7. The van der Waals surface area contributed by atoms with Crippen LogP contribution in [0.3, 0.4) is 0 Å². The van der Waals surface area contributed by atoms with E-state index in [1.807, 2.05) is 44.1 Å². The van der Waals surface area contributed by atoms with Gasteiger partial charge in [0, 0.05) is 25.5 Å². The van der Waals surface area contributed by atoms with Gasteiger partial charge in [0.1, 0.15) is 0 Å². The largest absolute Gasteiger partial charge is 0.377 e. The van der Waals surface area contributed by atoms with Gasteiger partial charge in [-0.25, -0.2) is 9.37 Å². The Morgan fingerprint density at radius 1 is 1.32 bits per heavy atom. The minimum Gasteiger partial charge on any atom is -0.377 e. The van der Waals surface area contributed by atoms with Crippen molar-refractivity contribution in [3.63, 3.8) is 0 Å². The number of hydrogen-bond acceptors (Lipinski definition) is 4. The number of anilines is 3. The third kappa shape index (κ3) is 3.12. The first-order chi connectivity index (χ1) is 8.97. The van der Waals surface area contributed by atoms with Crippen LogP contribution in [0.2, 0.25) is 5.28 Å². The average Bonchev–Trinajstić information content (AvgIpc) is 2.36. The summed E-state index contributed by atoms with van der Waals surface area (Å²) in [6.07, 6.45) is 1.04. The van der Waals surface area contributed by atoms with Crippen molar-refractivity contribution >= 4 is 28.8 Å². The smallest absolute Gasteiger partial charge is 0.224 e. The van der Waals surface area contributed by atoms with E-state index in [0.29, 0.717) is 0 Å². The second kappa shape index (κ2) is 5.40. The molecule has 0 bridgehead atoms. The fourth-order valence-electron chi connectivity index (χ4n) is 1.74. The molecule has 100 valence electrons. The summed E-state index contributed by atoms with van der Waals surface area (Å²) < 4.78 is 13.5. The van der Waals surface area contributed by atoms with Gasteiger partial charge >= 0.3 is 0 Å². The van der Waals surface area contributed by atoms with Crippen LogP contribution in [0.5, 0.6) is 0 Å². The van der Waals surface area contributed by atoms with Crippen LogP contribution in [0.25, 0.3) is 0 Å². The Bertz CT molecular complexity index is 601. The van der Waals surface area contributed by atoms with Crippen LogP contribution in [0.1, 0.15) is 5.56 Å². The van der Waals surface area contributed by atoms with E-state index in [2.05, 4.69) is 15.3 Å². The van der Waals surface area contributed by atoms with Crippen molar-refractivity contribution in [3.8, 4) is 0 Å². The quantitative estimate of drug-likeness (QED) is 0.875. The van der Waals surface area contributed by atoms with Crippen LogP contribution in [-0.4, -0.2) is 24.1 Å². The maximum absolute atomic E-state index is 13.5. The Balaban J connectivity index is 2.33. The topological polar surface area (TPSA) is 41.1 Å². The van der Waals surface area contributed by atoms with E-state index in [1.54, 1.807) is 0 Å². The van der Waals surface area contributed by atoms with Crippen LogP contribution >= 0.6 is 11.6 Å². The lowest BCUT2D eigenvalue weighted by molar-refractivity contribution is 0.619. The molecule has 1 N–H and O–H groups in total. The van der Waals surface area contributed by atoms with Gasteiger partial charge in [-0.3, -0.25) is 0 Å². The van der Waals surface area contributed by atoms with Crippen LogP contribution in [0.15, 0.2) is 24.4 Å². The number of nitrogens with zero attached hydrogens (tertiary/aromatic N) is 3. The first kappa shape index (κ1) is 13.5. The van der Waals surface area contributed by atoms with Crippen LogP contribution < -0.4 is 10.2 Å². The van der Waals surface area contributed by atoms with Crippen LogP contribution in [0.4, 0.5) is 21.6 Å². The molecule has 0 amide bonds. The molecule has 0 aliphatic carbocycles. The number of aryl methyl sites for hydroxylation is 1. The summed E-state index contributed by atoms with van der Waals surface area (Å²) in [5.41, 5.74) is 2.92. The zero-order chi connectivity index (χ0) is 14.0. The first-order valence-corrected chi connectivity index (χ1v) is 6.08. The Morgan fingerprint density at radius 2 is 2.05 bits per heavy atom. The second-order valence-electron chi connectivity index (χ2n) is 4.36. The monoisotopic (exact) mass is 280 g/mol. The summed E-state index contributed by atoms with van der Waals surface area (Å²) in [6.45, 7) is 2.02. The summed E-state index contributed by atoms with van der Waals surface area (Å²) in [5.74, 6) is -0.482. The van der Waals surface area contributed by atoms with Gasteiger partial charge in [0.25, 0.3) is 0 Å². The first-order valence-electron chi connectivity index (χ1n) is 5.70. The highest BCUT2D eigenvalue weighted by atomic mass is 35.5. The van der Waals surface area contributed by atoms with Crippen LogP contribution in [0, 0.1) is 12.7 Å². The molecule has 0 radical (unpaired) electrons. The SMILES string of the molecule is Cc1ccc(Nc2nc(Cl)ncc2F)cc1N(C)C. The number of benzene rings is 1. The summed E-state index contributed by atoms with van der Waals surface area (Å²) in [4.78, 5) is 9.38. The second-order valence-corrected chi connectivity index (χ2v) is 4.69. The van der Waals surface area contributed by atoms with Crippen molar-refractivity contribution < 1.29 is 4.39 Å². The average molecular weight is 281 g/mol. The number of nitrogens with one attached hydrogen (secondary N) is 1. The van der Waals surface area contributed by atoms with E-state index in [4.69, 9.17) is 11.6 Å². The maximum atomic E-state index is 13.5. The number of hydrogen-bond donors (Lipinski definition) is 1. The van der Waals surface area contributed by atoms with E-state index in [1.165, 1.54) is 0 Å². The van der Waals surface area contributed by atoms with Crippen molar-refractivity contribution in [2.75, 3.05) is 24.3 Å². The van der Waals surface area contributed by atoms with Crippen molar-refractivity contribution in [1.82, 2.24) is 9.97 Å². The molecule has 0 atom stereocenters. The van der Waals surface area contributed by atoms with Crippen LogP contribution in [-0.2, 0) is 0 Å². The van der Waals surface area contributed by atoms with Gasteiger partial charge in [-0.05, 0) is 36.2 Å². The molecule has 6 heteroatoms. The normalized spacial score (nSPS) is 10.4. The Labute approximate surface area is 116 Å². The van der Waals surface area contributed by atoms with Gasteiger partial charge in [-0.15, -0.1) is 0 Å². The van der Waals surface area contributed by atoms with E-state index >= 15 is 0 Å². The molecular weight excluding hydrogens is 267 g/mol. The predicted octanol–water partition coefficient (Wildman–Crippen LogP) is 3.39. The molecule has 0 unspecified atom stereocenters. The van der Waals surface area contributed by atoms with E-state index in [0.717, 1.165) is 23.1 Å². The molecule has 2 aromatic rings. The molecular formula is C13H14ClFN4. The van der Waals surface area contributed by atoms with Gasteiger partial charge in [0.05, 0.1) is 6.20 Å². The fraction of sp³-hybridized carbons (Fsp3) is 0.231. The third-order valence-corrected chi connectivity index (χ3v) is 2.85. The van der Waals surface area contributed by atoms with E-state index in [9.17, 15) is 4.39 Å². The molecule has 2 rings (SSSR count). The van der Waals surface area contributed by atoms with Gasteiger partial charge in [-0.1, -0.05) is 6.07 Å². The van der Waals surface area contributed by atoms with Crippen molar-refractivity contribution in [3.05, 3.63) is 41.1 Å². The Hall–Kier alpha value is -1.88. The van der Waals surface area contributed by atoms with Crippen molar-refractivity contribution in [2.24, 2.45) is 0 Å². The maximum Gasteiger partial charge on any atom is 0.224 e. The highest BCUT2D eigenvalue weighted by molar-refractivity contribution is 6.28.